The van der Waals surface area contributed by atoms with Gasteiger partial charge in [-0.05, 0) is 67.3 Å². The van der Waals surface area contributed by atoms with Crippen molar-refractivity contribution in [3.63, 3.8) is 0 Å². The van der Waals surface area contributed by atoms with E-state index in [1.165, 1.54) is 24.0 Å². The number of ketones is 1. The molecule has 3 aromatic rings. The number of ether oxygens (including phenoxy) is 2. The normalized spacial score (nSPS) is 17.9. The molecule has 2 heterocycles. The van der Waals surface area contributed by atoms with Crippen LogP contribution >= 0.6 is 0 Å². The SMILES string of the molecule is COc1ccc2c(c1)CCC2CC(=O)COc1cc(C)c2c(C3CC3)nn(C)c2n1. The molecule has 1 atom stereocenters. The van der Waals surface area contributed by atoms with E-state index >= 15 is 0 Å². The molecule has 0 saturated heterocycles. The van der Waals surface area contributed by atoms with Crippen LogP contribution in [0.25, 0.3) is 11.0 Å². The molecule has 1 saturated carbocycles. The van der Waals surface area contributed by atoms with Gasteiger partial charge in [-0.1, -0.05) is 6.07 Å². The summed E-state index contributed by atoms with van der Waals surface area (Å²) in [6.45, 7) is 2.11. The number of methoxy groups -OCH3 is 1. The van der Waals surface area contributed by atoms with Crippen LogP contribution in [0.2, 0.25) is 0 Å². The number of hydrogen-bond acceptors (Lipinski definition) is 5. The second kappa shape index (κ2) is 7.42. The molecule has 1 unspecified atom stereocenters. The van der Waals surface area contributed by atoms with Gasteiger partial charge in [0.05, 0.1) is 12.8 Å². The van der Waals surface area contributed by atoms with Gasteiger partial charge in [-0.15, -0.1) is 0 Å². The number of Topliss-reactive ketones (excluding diaryl/α,β-unsaturated/α-hetero) is 1. The van der Waals surface area contributed by atoms with Crippen molar-refractivity contribution in [1.82, 2.24) is 14.8 Å². The van der Waals surface area contributed by atoms with Crippen LogP contribution < -0.4 is 9.47 Å². The maximum atomic E-state index is 12.6. The van der Waals surface area contributed by atoms with E-state index in [-0.39, 0.29) is 18.3 Å². The van der Waals surface area contributed by atoms with Crippen LogP contribution in [-0.4, -0.2) is 34.3 Å². The monoisotopic (exact) mass is 405 g/mol. The van der Waals surface area contributed by atoms with Crippen molar-refractivity contribution < 1.29 is 14.3 Å². The van der Waals surface area contributed by atoms with Crippen molar-refractivity contribution in [2.75, 3.05) is 13.7 Å². The summed E-state index contributed by atoms with van der Waals surface area (Å²) < 4.78 is 12.9. The van der Waals surface area contributed by atoms with Crippen LogP contribution in [-0.2, 0) is 18.3 Å². The second-order valence-electron chi connectivity index (χ2n) is 8.59. The lowest BCUT2D eigenvalue weighted by Crippen LogP contribution is -2.15. The smallest absolute Gasteiger partial charge is 0.215 e. The minimum Gasteiger partial charge on any atom is -0.497 e. The summed E-state index contributed by atoms with van der Waals surface area (Å²) in [6, 6.07) is 8.09. The van der Waals surface area contributed by atoms with Gasteiger partial charge in [0.15, 0.2) is 11.4 Å². The first-order valence-corrected chi connectivity index (χ1v) is 10.7. The largest absolute Gasteiger partial charge is 0.497 e. The van der Waals surface area contributed by atoms with Gasteiger partial charge in [0.2, 0.25) is 5.88 Å². The molecule has 0 bridgehead atoms. The molecule has 2 aromatic heterocycles. The van der Waals surface area contributed by atoms with Gasteiger partial charge < -0.3 is 9.47 Å². The van der Waals surface area contributed by atoms with E-state index in [0.717, 1.165) is 40.9 Å². The fourth-order valence-corrected chi connectivity index (χ4v) is 4.66. The van der Waals surface area contributed by atoms with E-state index < -0.39 is 0 Å². The van der Waals surface area contributed by atoms with Gasteiger partial charge in [-0.2, -0.15) is 10.1 Å². The Kier molecular flexibility index (Phi) is 4.72. The zero-order valence-corrected chi connectivity index (χ0v) is 17.8. The Morgan fingerprint density at radius 2 is 2.07 bits per heavy atom. The van der Waals surface area contributed by atoms with Crippen LogP contribution in [0, 0.1) is 6.92 Å². The number of aromatic nitrogens is 3. The number of pyridine rings is 1. The van der Waals surface area contributed by atoms with Gasteiger partial charge in [-0.3, -0.25) is 9.48 Å². The van der Waals surface area contributed by atoms with Crippen LogP contribution in [0.5, 0.6) is 11.6 Å². The van der Waals surface area contributed by atoms with Gasteiger partial charge in [0.1, 0.15) is 12.4 Å². The Morgan fingerprint density at radius 1 is 1.23 bits per heavy atom. The van der Waals surface area contributed by atoms with Crippen molar-refractivity contribution in [3.8, 4) is 11.6 Å². The molecule has 0 radical (unpaired) electrons. The van der Waals surface area contributed by atoms with Crippen molar-refractivity contribution in [2.45, 2.75) is 50.9 Å². The van der Waals surface area contributed by atoms with Crippen LogP contribution in [0.15, 0.2) is 24.3 Å². The number of benzene rings is 1. The Hall–Kier alpha value is -2.89. The number of carbonyl (C=O) groups is 1. The summed E-state index contributed by atoms with van der Waals surface area (Å²) in [6.07, 6.45) is 4.89. The first-order valence-electron chi connectivity index (χ1n) is 10.7. The Labute approximate surface area is 176 Å². The lowest BCUT2D eigenvalue weighted by atomic mass is 9.96. The molecule has 156 valence electrons. The van der Waals surface area contributed by atoms with E-state index in [1.54, 1.807) is 7.11 Å². The molecule has 5 rings (SSSR count). The number of nitrogens with zero attached hydrogens (tertiary/aromatic N) is 3. The van der Waals surface area contributed by atoms with Crippen LogP contribution in [0.4, 0.5) is 0 Å². The number of hydrogen-bond donors (Lipinski definition) is 0. The highest BCUT2D eigenvalue weighted by molar-refractivity contribution is 5.84. The van der Waals surface area contributed by atoms with E-state index in [4.69, 9.17) is 9.47 Å². The topological polar surface area (TPSA) is 66.2 Å². The second-order valence-corrected chi connectivity index (χ2v) is 8.59. The van der Waals surface area contributed by atoms with Gasteiger partial charge >= 0.3 is 0 Å². The predicted octanol–water partition coefficient (Wildman–Crippen LogP) is 4.23. The highest BCUT2D eigenvalue weighted by atomic mass is 16.5. The lowest BCUT2D eigenvalue weighted by Gasteiger charge is -2.12. The standard InChI is InChI=1S/C24H27N3O3/c1-14-10-21(25-24-22(14)23(15-4-5-15)26-27(24)2)30-13-18(28)11-16-6-7-17-12-19(29-3)8-9-20(16)17/h8-10,12,15-16H,4-7,11,13H2,1-3H3. The molecule has 1 fully saturated rings. The van der Waals surface area contributed by atoms with Crippen LogP contribution in [0.1, 0.15) is 59.9 Å². The number of fused-ring (bicyclic) bond motifs is 2. The minimum absolute atomic E-state index is 0.0489. The maximum Gasteiger partial charge on any atom is 0.215 e. The van der Waals surface area contributed by atoms with E-state index in [9.17, 15) is 4.79 Å². The van der Waals surface area contributed by atoms with E-state index in [1.807, 2.05) is 23.9 Å². The molecule has 2 aliphatic rings. The van der Waals surface area contributed by atoms with Gasteiger partial charge in [0, 0.05) is 30.8 Å². The lowest BCUT2D eigenvalue weighted by molar-refractivity contribution is -0.121. The summed E-state index contributed by atoms with van der Waals surface area (Å²) in [7, 11) is 3.60. The molecule has 0 aliphatic heterocycles. The Bertz CT molecular complexity index is 1130. The zero-order chi connectivity index (χ0) is 20.8. The van der Waals surface area contributed by atoms with Crippen molar-refractivity contribution in [2.24, 2.45) is 7.05 Å². The van der Waals surface area contributed by atoms with Gasteiger partial charge in [-0.25, -0.2) is 0 Å². The minimum atomic E-state index is 0.0489. The molecule has 30 heavy (non-hydrogen) atoms. The number of aryl methyl sites for hydroxylation is 3. The van der Waals surface area contributed by atoms with Crippen molar-refractivity contribution >= 4 is 16.8 Å². The summed E-state index contributed by atoms with van der Waals surface area (Å²) in [5.41, 5.74) is 5.64. The molecule has 1 aromatic carbocycles. The average Bonchev–Trinajstić information content (AvgIpc) is 3.43. The molecule has 0 N–H and O–H groups in total. The van der Waals surface area contributed by atoms with E-state index in [0.29, 0.717) is 18.2 Å². The third-order valence-electron chi connectivity index (χ3n) is 6.37. The number of carbonyl (C=O) groups excluding carboxylic acids is 1. The fraction of sp³-hybridized carbons (Fsp3) is 0.458. The first-order chi connectivity index (χ1) is 14.5. The molecule has 2 aliphatic carbocycles. The molecule has 0 spiro atoms. The quantitative estimate of drug-likeness (QED) is 0.588. The highest BCUT2D eigenvalue weighted by Crippen LogP contribution is 2.43. The summed E-state index contributed by atoms with van der Waals surface area (Å²) in [5, 5.41) is 5.81. The molecular formula is C24H27N3O3. The molecule has 6 heteroatoms. The molecule has 6 nitrogen and oxygen atoms in total. The third-order valence-corrected chi connectivity index (χ3v) is 6.37. The highest BCUT2D eigenvalue weighted by Gasteiger charge is 2.30. The average molecular weight is 405 g/mol. The van der Waals surface area contributed by atoms with Crippen molar-refractivity contribution in [1.29, 1.82) is 0 Å². The fourth-order valence-electron chi connectivity index (χ4n) is 4.66. The first kappa shape index (κ1) is 19.1. The maximum absolute atomic E-state index is 12.6. The third kappa shape index (κ3) is 3.44. The Morgan fingerprint density at radius 3 is 2.83 bits per heavy atom. The Balaban J connectivity index is 1.26. The zero-order valence-electron chi connectivity index (χ0n) is 17.8. The molecular weight excluding hydrogens is 378 g/mol. The van der Waals surface area contributed by atoms with Crippen molar-refractivity contribution in [3.05, 3.63) is 46.6 Å². The van der Waals surface area contributed by atoms with Crippen LogP contribution in [0.3, 0.4) is 0 Å². The summed E-state index contributed by atoms with van der Waals surface area (Å²) in [4.78, 5) is 17.3. The summed E-state index contributed by atoms with van der Waals surface area (Å²) >= 11 is 0. The van der Waals surface area contributed by atoms with E-state index in [2.05, 4.69) is 29.1 Å². The van der Waals surface area contributed by atoms with Gasteiger partial charge in [0.25, 0.3) is 0 Å². The predicted molar refractivity (Wildman–Crippen MR) is 114 cm³/mol. The summed E-state index contributed by atoms with van der Waals surface area (Å²) in [5.74, 6) is 2.30. The number of rotatable bonds is 7. The molecule has 0 amide bonds.